The Morgan fingerprint density at radius 1 is 1.88 bits per heavy atom. The lowest BCUT2D eigenvalue weighted by molar-refractivity contribution is 0.208. The van der Waals surface area contributed by atoms with E-state index >= 15 is 0 Å². The van der Waals surface area contributed by atoms with Crippen LogP contribution in [0.1, 0.15) is 20.3 Å². The van der Waals surface area contributed by atoms with Crippen molar-refractivity contribution in [2.24, 2.45) is 0 Å². The number of aliphatic hydroxyl groups excluding tert-OH is 1. The van der Waals surface area contributed by atoms with Gasteiger partial charge >= 0.3 is 0 Å². The molecule has 0 aromatic rings. The zero-order valence-corrected chi connectivity index (χ0v) is 5.14. The summed E-state index contributed by atoms with van der Waals surface area (Å²) in [4.78, 5) is 9.78. The molecule has 0 saturated heterocycles. The summed E-state index contributed by atoms with van der Waals surface area (Å²) in [6.45, 7) is 3.38. The molecule has 2 nitrogen and oxygen atoms in total. The normalized spacial score (nSPS) is 12.4. The zero-order chi connectivity index (χ0) is 6.57. The van der Waals surface area contributed by atoms with Gasteiger partial charge in [0.15, 0.2) is 0 Å². The first-order valence-corrected chi connectivity index (χ1v) is 2.62. The van der Waals surface area contributed by atoms with E-state index in [2.05, 4.69) is 0 Å². The number of carbonyl (C=O) groups excluding carboxylic acids is 1. The van der Waals surface area contributed by atoms with Crippen LogP contribution in [0.5, 0.6) is 0 Å². The molecule has 1 atom stereocenters. The van der Waals surface area contributed by atoms with Gasteiger partial charge in [0.25, 0.3) is 0 Å². The van der Waals surface area contributed by atoms with Crippen molar-refractivity contribution in [2.45, 2.75) is 26.4 Å². The predicted molar refractivity (Wildman–Crippen MR) is 31.2 cm³/mol. The van der Waals surface area contributed by atoms with Crippen molar-refractivity contribution >= 4 is 5.94 Å². The molecule has 0 aromatic carbocycles. The van der Waals surface area contributed by atoms with Crippen LogP contribution >= 0.6 is 0 Å². The molecule has 0 fully saturated rings. The van der Waals surface area contributed by atoms with Crippen molar-refractivity contribution in [1.82, 2.24) is 0 Å². The Kier molecular flexibility index (Phi) is 3.16. The second kappa shape index (κ2) is 3.42. The Bertz CT molecular complexity index is 112. The van der Waals surface area contributed by atoms with Gasteiger partial charge in [-0.25, -0.2) is 4.79 Å². The average Bonchev–Trinajstić information content (AvgIpc) is 1.84. The van der Waals surface area contributed by atoms with Crippen LogP contribution in [0, 0.1) is 0 Å². The highest BCUT2D eigenvalue weighted by Gasteiger charge is 2.01. The fraction of sp³-hybridized carbons (Fsp3) is 0.667. The standard InChI is InChI=1S/C6H10O2/c1-3-6(8)5(2)4-7/h6,8H,3H2,1-2H3. The third-order valence-electron chi connectivity index (χ3n) is 1.05. The van der Waals surface area contributed by atoms with Gasteiger partial charge < -0.3 is 5.11 Å². The van der Waals surface area contributed by atoms with E-state index in [-0.39, 0.29) is 0 Å². The number of rotatable bonds is 2. The minimum absolute atomic E-state index is 0.382. The zero-order valence-electron chi connectivity index (χ0n) is 5.14. The summed E-state index contributed by atoms with van der Waals surface area (Å²) in [7, 11) is 0. The predicted octanol–water partition coefficient (Wildman–Crippen LogP) is 0.535. The molecule has 0 rings (SSSR count). The molecule has 0 aliphatic carbocycles. The quantitative estimate of drug-likeness (QED) is 0.532. The monoisotopic (exact) mass is 114 g/mol. The molecule has 8 heavy (non-hydrogen) atoms. The maximum Gasteiger partial charge on any atom is 0.125 e. The fourth-order valence-corrected chi connectivity index (χ4v) is 0.374. The third kappa shape index (κ3) is 1.92. The van der Waals surface area contributed by atoms with Gasteiger partial charge in [-0.2, -0.15) is 0 Å². The topological polar surface area (TPSA) is 37.3 Å². The molecule has 0 heterocycles. The van der Waals surface area contributed by atoms with Crippen molar-refractivity contribution in [3.05, 3.63) is 5.57 Å². The molecule has 2 heteroatoms. The highest BCUT2D eigenvalue weighted by Crippen LogP contribution is 1.98. The minimum atomic E-state index is -0.590. The SMILES string of the molecule is CCC(O)C(C)=C=O. The van der Waals surface area contributed by atoms with Gasteiger partial charge in [-0.15, -0.1) is 0 Å². The van der Waals surface area contributed by atoms with Gasteiger partial charge in [-0.3, -0.25) is 0 Å². The first kappa shape index (κ1) is 7.41. The molecule has 1 N–H and O–H groups in total. The van der Waals surface area contributed by atoms with Crippen molar-refractivity contribution in [2.75, 3.05) is 0 Å². The smallest absolute Gasteiger partial charge is 0.125 e. The Labute approximate surface area is 48.8 Å². The largest absolute Gasteiger partial charge is 0.388 e. The van der Waals surface area contributed by atoms with Gasteiger partial charge in [-0.05, 0) is 13.3 Å². The Hall–Kier alpha value is -0.590. The molecule has 0 aromatic heterocycles. The van der Waals surface area contributed by atoms with Crippen molar-refractivity contribution < 1.29 is 9.90 Å². The van der Waals surface area contributed by atoms with Crippen LogP contribution in [-0.4, -0.2) is 17.2 Å². The molecule has 0 bridgehead atoms. The van der Waals surface area contributed by atoms with Crippen LogP contribution in [0.3, 0.4) is 0 Å². The van der Waals surface area contributed by atoms with Crippen LogP contribution in [0.2, 0.25) is 0 Å². The molecule has 1 unspecified atom stereocenters. The summed E-state index contributed by atoms with van der Waals surface area (Å²) in [6, 6.07) is 0. The Balaban J connectivity index is 3.82. The molecule has 46 valence electrons. The summed E-state index contributed by atoms with van der Waals surface area (Å²) < 4.78 is 0. The highest BCUT2D eigenvalue weighted by molar-refractivity contribution is 5.52. The molecule has 0 spiro atoms. The van der Waals surface area contributed by atoms with E-state index in [1.165, 1.54) is 0 Å². The van der Waals surface area contributed by atoms with E-state index in [1.54, 1.807) is 12.9 Å². The molecule has 0 radical (unpaired) electrons. The van der Waals surface area contributed by atoms with Crippen LogP contribution in [0.4, 0.5) is 0 Å². The fourth-order valence-electron chi connectivity index (χ4n) is 0.374. The van der Waals surface area contributed by atoms with E-state index in [0.29, 0.717) is 12.0 Å². The maximum atomic E-state index is 9.78. The van der Waals surface area contributed by atoms with Crippen LogP contribution in [0.25, 0.3) is 0 Å². The summed E-state index contributed by atoms with van der Waals surface area (Å²) in [5, 5.41) is 8.83. The first-order valence-electron chi connectivity index (χ1n) is 2.62. The summed E-state index contributed by atoms with van der Waals surface area (Å²) in [6.07, 6.45) is -0.00588. The summed E-state index contributed by atoms with van der Waals surface area (Å²) >= 11 is 0. The van der Waals surface area contributed by atoms with E-state index in [4.69, 9.17) is 5.11 Å². The van der Waals surface area contributed by atoms with E-state index in [9.17, 15) is 4.79 Å². The lowest BCUT2D eigenvalue weighted by Gasteiger charge is -2.00. The van der Waals surface area contributed by atoms with Crippen LogP contribution < -0.4 is 0 Å². The average molecular weight is 114 g/mol. The molecular formula is C6H10O2. The number of aliphatic hydroxyl groups is 1. The summed E-state index contributed by atoms with van der Waals surface area (Å²) in [5.41, 5.74) is 0.382. The lowest BCUT2D eigenvalue weighted by Crippen LogP contribution is -2.05. The van der Waals surface area contributed by atoms with Crippen molar-refractivity contribution in [1.29, 1.82) is 0 Å². The van der Waals surface area contributed by atoms with Crippen LogP contribution in [-0.2, 0) is 4.79 Å². The van der Waals surface area contributed by atoms with E-state index < -0.39 is 6.10 Å². The van der Waals surface area contributed by atoms with Gasteiger partial charge in [0.2, 0.25) is 0 Å². The van der Waals surface area contributed by atoms with Crippen molar-refractivity contribution in [3.8, 4) is 0 Å². The maximum absolute atomic E-state index is 9.78. The third-order valence-corrected chi connectivity index (χ3v) is 1.05. The molecule has 0 aliphatic heterocycles. The Morgan fingerprint density at radius 2 is 2.38 bits per heavy atom. The molecular weight excluding hydrogens is 104 g/mol. The van der Waals surface area contributed by atoms with Crippen molar-refractivity contribution in [3.63, 3.8) is 0 Å². The van der Waals surface area contributed by atoms with Gasteiger partial charge in [0.05, 0.1) is 6.10 Å². The molecule has 0 aliphatic rings. The van der Waals surface area contributed by atoms with E-state index in [1.807, 2.05) is 6.92 Å². The Morgan fingerprint density at radius 3 is 2.50 bits per heavy atom. The highest BCUT2D eigenvalue weighted by atomic mass is 16.3. The van der Waals surface area contributed by atoms with Gasteiger partial charge in [0.1, 0.15) is 5.94 Å². The number of hydrogen-bond donors (Lipinski definition) is 1. The number of hydrogen-bond acceptors (Lipinski definition) is 2. The second-order valence-electron chi connectivity index (χ2n) is 1.71. The van der Waals surface area contributed by atoms with Gasteiger partial charge in [0, 0.05) is 5.57 Å². The summed E-state index contributed by atoms with van der Waals surface area (Å²) in [5.74, 6) is 1.63. The van der Waals surface area contributed by atoms with Crippen LogP contribution in [0.15, 0.2) is 5.57 Å². The van der Waals surface area contributed by atoms with E-state index in [0.717, 1.165) is 0 Å². The molecule has 0 saturated carbocycles. The second-order valence-corrected chi connectivity index (χ2v) is 1.71. The lowest BCUT2D eigenvalue weighted by atomic mass is 10.1. The minimum Gasteiger partial charge on any atom is -0.388 e. The first-order chi connectivity index (χ1) is 3.72. The van der Waals surface area contributed by atoms with Gasteiger partial charge in [-0.1, -0.05) is 6.92 Å². The molecule has 0 amide bonds.